The number of rotatable bonds is 3. The molecular formula is C13H21NO. The van der Waals surface area contributed by atoms with Crippen molar-refractivity contribution in [2.24, 2.45) is 11.8 Å². The third-order valence-electron chi connectivity index (χ3n) is 4.10. The molecule has 2 heteroatoms. The summed E-state index contributed by atoms with van der Waals surface area (Å²) in [5.41, 5.74) is 1.17. The highest BCUT2D eigenvalue weighted by molar-refractivity contribution is 5.92. The maximum Gasteiger partial charge on any atom is 0.157 e. The Morgan fingerprint density at radius 2 is 2.20 bits per heavy atom. The van der Waals surface area contributed by atoms with Gasteiger partial charge in [-0.3, -0.25) is 4.79 Å². The van der Waals surface area contributed by atoms with Crippen LogP contribution in [0.15, 0.2) is 11.8 Å². The minimum absolute atomic E-state index is 0.287. The van der Waals surface area contributed by atoms with E-state index in [0.29, 0.717) is 12.5 Å². The number of nitrogens with one attached hydrogen (secondary N) is 1. The summed E-state index contributed by atoms with van der Waals surface area (Å²) in [5.74, 6) is 1.92. The minimum atomic E-state index is 0.287. The second-order valence-electron chi connectivity index (χ2n) is 4.99. The fraction of sp³-hybridized carbons (Fsp3) is 0.769. The number of hydrogen-bond acceptors (Lipinski definition) is 2. The molecule has 0 amide bonds. The van der Waals surface area contributed by atoms with Crippen molar-refractivity contribution in [1.29, 1.82) is 0 Å². The molecule has 1 saturated carbocycles. The molecule has 84 valence electrons. The summed E-state index contributed by atoms with van der Waals surface area (Å²) in [5, 5.41) is 3.56. The van der Waals surface area contributed by atoms with Gasteiger partial charge in [0, 0.05) is 24.2 Å². The predicted molar refractivity (Wildman–Crippen MR) is 61.4 cm³/mol. The average molecular weight is 207 g/mol. The molecule has 0 saturated heterocycles. The van der Waals surface area contributed by atoms with Gasteiger partial charge >= 0.3 is 0 Å². The first-order valence-corrected chi connectivity index (χ1v) is 6.20. The number of allylic oxidation sites excluding steroid dienone is 2. The molecule has 0 spiro atoms. The van der Waals surface area contributed by atoms with Crippen LogP contribution in [0.1, 0.15) is 46.0 Å². The Morgan fingerprint density at radius 3 is 2.73 bits per heavy atom. The minimum Gasteiger partial charge on any atom is -0.385 e. The van der Waals surface area contributed by atoms with Gasteiger partial charge in [-0.05, 0) is 31.1 Å². The maximum atomic E-state index is 11.1. The van der Waals surface area contributed by atoms with E-state index in [-0.39, 0.29) is 5.78 Å². The lowest BCUT2D eigenvalue weighted by molar-refractivity contribution is -0.114. The number of hydrogen-bond donors (Lipinski definition) is 1. The topological polar surface area (TPSA) is 29.1 Å². The van der Waals surface area contributed by atoms with Gasteiger partial charge in [-0.1, -0.05) is 20.3 Å². The van der Waals surface area contributed by atoms with Crippen LogP contribution in [0.4, 0.5) is 0 Å². The smallest absolute Gasteiger partial charge is 0.157 e. The second kappa shape index (κ2) is 4.38. The quantitative estimate of drug-likeness (QED) is 0.771. The zero-order chi connectivity index (χ0) is 10.8. The molecule has 2 nitrogen and oxygen atoms in total. The van der Waals surface area contributed by atoms with Crippen LogP contribution in [0, 0.1) is 11.8 Å². The predicted octanol–water partition coefficient (Wildman–Crippen LogP) is 2.65. The fourth-order valence-electron chi connectivity index (χ4n) is 2.98. The van der Waals surface area contributed by atoms with Crippen LogP contribution in [0.25, 0.3) is 0 Å². The van der Waals surface area contributed by atoms with Crippen molar-refractivity contribution in [3.05, 3.63) is 11.8 Å². The van der Waals surface area contributed by atoms with Crippen LogP contribution in [0.2, 0.25) is 0 Å². The Morgan fingerprint density at radius 1 is 1.40 bits per heavy atom. The van der Waals surface area contributed by atoms with Crippen molar-refractivity contribution in [2.45, 2.75) is 52.0 Å². The largest absolute Gasteiger partial charge is 0.385 e. The van der Waals surface area contributed by atoms with Gasteiger partial charge in [-0.15, -0.1) is 0 Å². The summed E-state index contributed by atoms with van der Waals surface area (Å²) in [6.45, 7) is 4.62. The molecule has 1 N–H and O–H groups in total. The Bertz CT molecular complexity index is 282. The van der Waals surface area contributed by atoms with E-state index >= 15 is 0 Å². The van der Waals surface area contributed by atoms with E-state index in [9.17, 15) is 4.79 Å². The highest BCUT2D eigenvalue weighted by atomic mass is 16.1. The van der Waals surface area contributed by atoms with E-state index in [1.165, 1.54) is 25.0 Å². The molecule has 2 aliphatic rings. The van der Waals surface area contributed by atoms with Gasteiger partial charge in [-0.2, -0.15) is 0 Å². The number of carbonyl (C=O) groups is 1. The first-order valence-electron chi connectivity index (χ1n) is 6.20. The standard InChI is InChI=1S/C13H21NO/c1-3-10-4-7-13(9(10)2)14-11-5-6-12(15)8-11/h8-10,13-14H,3-7H2,1-2H3. The van der Waals surface area contributed by atoms with Crippen molar-refractivity contribution < 1.29 is 4.79 Å². The summed E-state index contributed by atoms with van der Waals surface area (Å²) >= 11 is 0. The molecule has 0 aliphatic heterocycles. The van der Waals surface area contributed by atoms with E-state index in [2.05, 4.69) is 19.2 Å². The molecular weight excluding hydrogens is 186 g/mol. The fourth-order valence-corrected chi connectivity index (χ4v) is 2.98. The lowest BCUT2D eigenvalue weighted by atomic mass is 9.93. The molecule has 0 radical (unpaired) electrons. The van der Waals surface area contributed by atoms with Crippen LogP contribution >= 0.6 is 0 Å². The highest BCUT2D eigenvalue weighted by Gasteiger charge is 2.32. The lowest BCUT2D eigenvalue weighted by Gasteiger charge is -2.22. The van der Waals surface area contributed by atoms with Crippen LogP contribution in [-0.2, 0) is 4.79 Å². The van der Waals surface area contributed by atoms with Crippen molar-refractivity contribution in [2.75, 3.05) is 0 Å². The van der Waals surface area contributed by atoms with E-state index < -0.39 is 0 Å². The SMILES string of the molecule is CCC1CCC(NC2=CC(=O)CC2)C1C. The van der Waals surface area contributed by atoms with Crippen molar-refractivity contribution in [3.8, 4) is 0 Å². The first-order chi connectivity index (χ1) is 7.20. The molecule has 3 atom stereocenters. The van der Waals surface area contributed by atoms with Crippen LogP contribution in [-0.4, -0.2) is 11.8 Å². The summed E-state index contributed by atoms with van der Waals surface area (Å²) < 4.78 is 0. The molecule has 15 heavy (non-hydrogen) atoms. The third-order valence-corrected chi connectivity index (χ3v) is 4.10. The lowest BCUT2D eigenvalue weighted by Crippen LogP contribution is -2.31. The molecule has 2 aliphatic carbocycles. The Labute approximate surface area is 92.1 Å². The highest BCUT2D eigenvalue weighted by Crippen LogP contribution is 2.34. The zero-order valence-corrected chi connectivity index (χ0v) is 9.75. The van der Waals surface area contributed by atoms with Gasteiger partial charge in [-0.25, -0.2) is 0 Å². The maximum absolute atomic E-state index is 11.1. The molecule has 1 fully saturated rings. The van der Waals surface area contributed by atoms with Gasteiger partial charge in [0.05, 0.1) is 0 Å². The molecule has 0 aromatic rings. The van der Waals surface area contributed by atoms with Gasteiger partial charge in [0.1, 0.15) is 0 Å². The normalized spacial score (nSPS) is 35.7. The number of carbonyl (C=O) groups excluding carboxylic acids is 1. The van der Waals surface area contributed by atoms with Gasteiger partial charge in [0.25, 0.3) is 0 Å². The second-order valence-corrected chi connectivity index (χ2v) is 4.99. The van der Waals surface area contributed by atoms with E-state index in [0.717, 1.165) is 18.3 Å². The van der Waals surface area contributed by atoms with Gasteiger partial charge in [0.2, 0.25) is 0 Å². The van der Waals surface area contributed by atoms with Crippen LogP contribution < -0.4 is 5.32 Å². The molecule has 0 aromatic carbocycles. The van der Waals surface area contributed by atoms with Gasteiger partial charge < -0.3 is 5.32 Å². The summed E-state index contributed by atoms with van der Waals surface area (Å²) in [7, 11) is 0. The molecule has 0 aromatic heterocycles. The van der Waals surface area contributed by atoms with Gasteiger partial charge in [0.15, 0.2) is 5.78 Å². The van der Waals surface area contributed by atoms with Crippen LogP contribution in [0.5, 0.6) is 0 Å². The Kier molecular flexibility index (Phi) is 3.13. The molecule has 0 bridgehead atoms. The molecule has 0 heterocycles. The van der Waals surface area contributed by atoms with Crippen molar-refractivity contribution in [1.82, 2.24) is 5.32 Å². The van der Waals surface area contributed by atoms with E-state index in [1.54, 1.807) is 6.08 Å². The summed E-state index contributed by atoms with van der Waals surface area (Å²) in [6, 6.07) is 0.604. The van der Waals surface area contributed by atoms with Crippen molar-refractivity contribution in [3.63, 3.8) is 0 Å². The van der Waals surface area contributed by atoms with Crippen molar-refractivity contribution >= 4 is 5.78 Å². The zero-order valence-electron chi connectivity index (χ0n) is 9.75. The third kappa shape index (κ3) is 2.24. The Hall–Kier alpha value is -0.790. The van der Waals surface area contributed by atoms with Crippen LogP contribution in [0.3, 0.4) is 0 Å². The van der Waals surface area contributed by atoms with E-state index in [4.69, 9.17) is 0 Å². The first kappa shape index (κ1) is 10.7. The number of ketones is 1. The monoisotopic (exact) mass is 207 g/mol. The average Bonchev–Trinajstić information content (AvgIpc) is 2.76. The summed E-state index contributed by atoms with van der Waals surface area (Å²) in [4.78, 5) is 11.1. The summed E-state index contributed by atoms with van der Waals surface area (Å²) in [6.07, 6.45) is 7.34. The Balaban J connectivity index is 1.91. The van der Waals surface area contributed by atoms with E-state index in [1.807, 2.05) is 0 Å². The molecule has 2 rings (SSSR count). The molecule has 3 unspecified atom stereocenters.